The Kier molecular flexibility index (Phi) is 4.06. The minimum absolute atomic E-state index is 0.0120. The zero-order valence-electron chi connectivity index (χ0n) is 15.9. The van der Waals surface area contributed by atoms with Crippen LogP contribution in [0.25, 0.3) is 10.9 Å². The molecule has 2 bridgehead atoms. The summed E-state index contributed by atoms with van der Waals surface area (Å²) in [6, 6.07) is 1.45. The van der Waals surface area contributed by atoms with E-state index in [1.807, 2.05) is 7.05 Å². The zero-order valence-corrected chi connectivity index (χ0v) is 15.9. The van der Waals surface area contributed by atoms with Crippen molar-refractivity contribution in [2.75, 3.05) is 25.0 Å². The van der Waals surface area contributed by atoms with Crippen molar-refractivity contribution in [2.24, 2.45) is 0 Å². The van der Waals surface area contributed by atoms with Crippen LogP contribution in [0.4, 0.5) is 19.3 Å². The predicted molar refractivity (Wildman–Crippen MR) is 102 cm³/mol. The van der Waals surface area contributed by atoms with Gasteiger partial charge in [0.05, 0.1) is 17.1 Å². The van der Waals surface area contributed by atoms with Gasteiger partial charge in [-0.3, -0.25) is 9.69 Å². The molecule has 2 atom stereocenters. The Morgan fingerprint density at radius 2 is 1.76 bits per heavy atom. The zero-order chi connectivity index (χ0) is 20.4. The summed E-state index contributed by atoms with van der Waals surface area (Å²) in [7, 11) is 2.04. The van der Waals surface area contributed by atoms with Crippen molar-refractivity contribution in [3.63, 3.8) is 0 Å². The van der Waals surface area contributed by atoms with Crippen molar-refractivity contribution in [1.29, 1.82) is 0 Å². The Balaban J connectivity index is 1.69. The highest BCUT2D eigenvalue weighted by Crippen LogP contribution is 2.41. The van der Waals surface area contributed by atoms with Crippen LogP contribution in [0.2, 0.25) is 0 Å². The molecule has 1 aromatic heterocycles. The standard InChI is InChI=1S/C20H21F2N3O4/c1-23-11-4-5-12(23)8-24(7-11)18-14(21)6-13-17(16(18)22)25(10-2-3-10)9-15(19(13)26)29-20(27)28/h6,9-12H,2-5,7-8H2,1H3,(H,27,28). The molecule has 29 heavy (non-hydrogen) atoms. The number of ether oxygens (including phenoxy) is 1. The van der Waals surface area contributed by atoms with E-state index in [2.05, 4.69) is 9.64 Å². The number of fused-ring (bicyclic) bond motifs is 3. The maximum atomic E-state index is 15.7. The summed E-state index contributed by atoms with van der Waals surface area (Å²) in [6.45, 7) is 1.06. The first-order valence-electron chi connectivity index (χ1n) is 9.79. The Morgan fingerprint density at radius 3 is 2.34 bits per heavy atom. The molecule has 1 N–H and O–H groups in total. The lowest BCUT2D eigenvalue weighted by molar-refractivity contribution is 0.143. The first-order chi connectivity index (χ1) is 13.8. The number of halogens is 2. The van der Waals surface area contributed by atoms with Crippen LogP contribution < -0.4 is 15.1 Å². The van der Waals surface area contributed by atoms with E-state index in [-0.39, 0.29) is 34.7 Å². The molecule has 154 valence electrons. The SMILES string of the molecule is CN1C2CCC1CN(c1c(F)cc3c(=O)c(OC(=O)O)cn(C4CC4)c3c1F)C2. The summed E-state index contributed by atoms with van der Waals surface area (Å²) in [6.07, 6.45) is 3.13. The number of likely N-dealkylation sites (N-methyl/N-ethyl adjacent to an activating group) is 1. The Hall–Kier alpha value is -2.68. The van der Waals surface area contributed by atoms with E-state index in [9.17, 15) is 9.59 Å². The van der Waals surface area contributed by atoms with Crippen LogP contribution in [0.1, 0.15) is 31.7 Å². The van der Waals surface area contributed by atoms with Crippen molar-refractivity contribution >= 4 is 22.7 Å². The molecular formula is C20H21F2N3O4. The second kappa shape index (κ2) is 6.41. The lowest BCUT2D eigenvalue weighted by Gasteiger charge is -2.40. The van der Waals surface area contributed by atoms with Crippen molar-refractivity contribution in [3.8, 4) is 5.75 Å². The number of benzene rings is 1. The van der Waals surface area contributed by atoms with E-state index < -0.39 is 29.0 Å². The maximum Gasteiger partial charge on any atom is 0.511 e. The average molecular weight is 405 g/mol. The molecule has 1 saturated carbocycles. The molecule has 0 amide bonds. The number of hydrogen-bond donors (Lipinski definition) is 1. The third-order valence-corrected chi connectivity index (χ3v) is 6.45. The largest absolute Gasteiger partial charge is 0.511 e. The minimum Gasteiger partial charge on any atom is -0.449 e. The molecule has 2 saturated heterocycles. The topological polar surface area (TPSA) is 75.0 Å². The molecule has 0 spiro atoms. The smallest absolute Gasteiger partial charge is 0.449 e. The molecule has 1 aromatic carbocycles. The normalized spacial score (nSPS) is 24.3. The van der Waals surface area contributed by atoms with Crippen LogP contribution in [-0.2, 0) is 0 Å². The summed E-state index contributed by atoms with van der Waals surface area (Å²) in [4.78, 5) is 27.6. The monoisotopic (exact) mass is 405 g/mol. The minimum atomic E-state index is -1.64. The van der Waals surface area contributed by atoms with E-state index in [1.165, 1.54) is 10.8 Å². The summed E-state index contributed by atoms with van der Waals surface area (Å²) in [5.74, 6) is -2.03. The van der Waals surface area contributed by atoms with Gasteiger partial charge in [-0.15, -0.1) is 0 Å². The first kappa shape index (κ1) is 18.4. The number of anilines is 1. The molecule has 3 fully saturated rings. The number of aromatic nitrogens is 1. The van der Waals surface area contributed by atoms with Gasteiger partial charge in [-0.05, 0) is 38.8 Å². The molecule has 3 aliphatic rings. The van der Waals surface area contributed by atoms with Crippen molar-refractivity contribution in [3.05, 3.63) is 34.1 Å². The van der Waals surface area contributed by atoms with E-state index >= 15 is 8.78 Å². The van der Waals surface area contributed by atoms with Gasteiger partial charge in [-0.2, -0.15) is 0 Å². The fourth-order valence-corrected chi connectivity index (χ4v) is 4.80. The van der Waals surface area contributed by atoms with Crippen molar-refractivity contribution in [2.45, 2.75) is 43.8 Å². The average Bonchev–Trinajstić information content (AvgIpc) is 3.46. The Bertz CT molecular complexity index is 1070. The second-order valence-electron chi connectivity index (χ2n) is 8.20. The van der Waals surface area contributed by atoms with E-state index in [1.54, 1.807) is 4.90 Å². The van der Waals surface area contributed by atoms with Gasteiger partial charge in [0.1, 0.15) is 11.5 Å². The molecule has 3 heterocycles. The quantitative estimate of drug-likeness (QED) is 0.792. The summed E-state index contributed by atoms with van der Waals surface area (Å²) in [5.41, 5.74) is -0.928. The number of nitrogens with zero attached hydrogens (tertiary/aromatic N) is 3. The molecule has 9 heteroatoms. The van der Waals surface area contributed by atoms with Crippen LogP contribution in [0.15, 0.2) is 17.1 Å². The first-order valence-corrected chi connectivity index (χ1v) is 9.79. The number of hydrogen-bond acceptors (Lipinski definition) is 5. The van der Waals surface area contributed by atoms with Crippen molar-refractivity contribution < 1.29 is 23.4 Å². The van der Waals surface area contributed by atoms with Gasteiger partial charge < -0.3 is 19.3 Å². The number of piperazine rings is 1. The molecule has 2 unspecified atom stereocenters. The number of carboxylic acid groups (broad SMARTS) is 1. The lowest BCUT2D eigenvalue weighted by atomic mass is 10.1. The van der Waals surface area contributed by atoms with Crippen LogP contribution in [-0.4, -0.2) is 52.9 Å². The summed E-state index contributed by atoms with van der Waals surface area (Å²) >= 11 is 0. The van der Waals surface area contributed by atoms with E-state index in [4.69, 9.17) is 5.11 Å². The Morgan fingerprint density at radius 1 is 1.14 bits per heavy atom. The lowest BCUT2D eigenvalue weighted by Crippen LogP contribution is -2.52. The Labute approximate surface area is 165 Å². The summed E-state index contributed by atoms with van der Waals surface area (Å²) in [5, 5.41) is 8.68. The molecule has 1 aliphatic carbocycles. The molecule has 2 aromatic rings. The third-order valence-electron chi connectivity index (χ3n) is 6.45. The van der Waals surface area contributed by atoms with Gasteiger partial charge >= 0.3 is 6.16 Å². The predicted octanol–water partition coefficient (Wildman–Crippen LogP) is 2.95. The molecule has 7 nitrogen and oxygen atoms in total. The highest BCUT2D eigenvalue weighted by Gasteiger charge is 2.39. The highest BCUT2D eigenvalue weighted by atomic mass is 19.1. The van der Waals surface area contributed by atoms with Gasteiger partial charge in [0.15, 0.2) is 11.6 Å². The van der Waals surface area contributed by atoms with Crippen LogP contribution >= 0.6 is 0 Å². The fraction of sp³-hybridized carbons (Fsp3) is 0.500. The van der Waals surface area contributed by atoms with E-state index in [0.29, 0.717) is 13.1 Å². The summed E-state index contributed by atoms with van der Waals surface area (Å²) < 4.78 is 36.9. The molecule has 5 rings (SSSR count). The molecular weight excluding hydrogens is 384 g/mol. The van der Waals surface area contributed by atoms with E-state index in [0.717, 1.165) is 31.7 Å². The number of rotatable bonds is 3. The third kappa shape index (κ3) is 2.87. The molecule has 2 aliphatic heterocycles. The van der Waals surface area contributed by atoms with Gasteiger partial charge in [-0.1, -0.05) is 0 Å². The van der Waals surface area contributed by atoms with Gasteiger partial charge in [0.25, 0.3) is 0 Å². The second-order valence-corrected chi connectivity index (χ2v) is 8.20. The van der Waals surface area contributed by atoms with Crippen LogP contribution in [0.3, 0.4) is 0 Å². The van der Waals surface area contributed by atoms with Crippen molar-refractivity contribution in [1.82, 2.24) is 9.47 Å². The van der Waals surface area contributed by atoms with Gasteiger partial charge in [0, 0.05) is 31.2 Å². The number of carbonyl (C=O) groups is 1. The maximum absolute atomic E-state index is 15.7. The van der Waals surface area contributed by atoms with Crippen LogP contribution in [0.5, 0.6) is 5.75 Å². The van der Waals surface area contributed by atoms with Gasteiger partial charge in [0.2, 0.25) is 5.43 Å². The molecule has 0 radical (unpaired) electrons. The number of pyridine rings is 1. The van der Waals surface area contributed by atoms with Gasteiger partial charge in [-0.25, -0.2) is 13.6 Å². The van der Waals surface area contributed by atoms with Crippen LogP contribution in [0, 0.1) is 11.6 Å². The highest BCUT2D eigenvalue weighted by molar-refractivity contribution is 5.86. The fourth-order valence-electron chi connectivity index (χ4n) is 4.80.